The van der Waals surface area contributed by atoms with Crippen LogP contribution in [0.4, 0.5) is 5.69 Å². The van der Waals surface area contributed by atoms with Crippen molar-refractivity contribution in [1.29, 1.82) is 0 Å². The minimum atomic E-state index is -3.49. The van der Waals surface area contributed by atoms with Gasteiger partial charge in [0, 0.05) is 33.7 Å². The molecule has 9 heteroatoms. The smallest absolute Gasteiger partial charge is 0.251 e. The number of amides is 1. The van der Waals surface area contributed by atoms with Crippen molar-refractivity contribution in [2.45, 2.75) is 26.1 Å². The molecule has 0 bridgehead atoms. The number of rotatable bonds is 10. The molecule has 3 rings (SSSR count). The molecule has 3 aromatic carbocycles. The molecule has 0 aromatic heterocycles. The molecule has 0 spiro atoms. The van der Waals surface area contributed by atoms with Gasteiger partial charge in [0.2, 0.25) is 10.0 Å². The van der Waals surface area contributed by atoms with Crippen LogP contribution in [0.3, 0.4) is 0 Å². The van der Waals surface area contributed by atoms with E-state index in [0.29, 0.717) is 39.3 Å². The van der Waals surface area contributed by atoms with Crippen molar-refractivity contribution in [3.8, 4) is 0 Å². The van der Waals surface area contributed by atoms with Crippen LogP contribution in [0.5, 0.6) is 0 Å². The zero-order chi connectivity index (χ0) is 25.6. The van der Waals surface area contributed by atoms with Gasteiger partial charge < -0.3 is 5.32 Å². The van der Waals surface area contributed by atoms with Crippen molar-refractivity contribution in [2.24, 2.45) is 0 Å². The monoisotopic (exact) mass is 550 g/mol. The molecule has 0 aliphatic heterocycles. The largest absolute Gasteiger partial charge is 0.351 e. The van der Waals surface area contributed by atoms with Crippen molar-refractivity contribution in [3.05, 3.63) is 98.5 Å². The summed E-state index contributed by atoms with van der Waals surface area (Å²) in [5.41, 5.74) is 4.73. The number of thioether (sulfide) groups is 1. The first-order chi connectivity index (χ1) is 16.6. The first kappa shape index (κ1) is 27.4. The summed E-state index contributed by atoms with van der Waals surface area (Å²) in [6, 6.07) is 18.2. The third-order valence-electron chi connectivity index (χ3n) is 5.42. The van der Waals surface area contributed by atoms with Gasteiger partial charge in [-0.05, 0) is 66.4 Å². The van der Waals surface area contributed by atoms with Gasteiger partial charge in [0.25, 0.3) is 5.91 Å². The standard InChI is InChI=1S/C26H28Cl2N2O3S2/c1-18-7-8-19(2)25(15-18)30(35(3,32)33)16-20-9-11-21(12-10-20)26(31)29-13-14-34-17-22-23(27)5-4-6-24(22)28/h4-12,15H,13-14,16-17H2,1-3H3,(H,29,31). The first-order valence-corrected chi connectivity index (χ1v) is 14.7. The molecule has 1 N–H and O–H groups in total. The van der Waals surface area contributed by atoms with Crippen LogP contribution >= 0.6 is 35.0 Å². The van der Waals surface area contributed by atoms with Crippen molar-refractivity contribution < 1.29 is 13.2 Å². The van der Waals surface area contributed by atoms with Crippen LogP contribution in [0, 0.1) is 13.8 Å². The Morgan fingerprint density at radius 1 is 1.00 bits per heavy atom. The quantitative estimate of drug-likeness (QED) is 0.303. The Bertz CT molecular complexity index is 1280. The fourth-order valence-corrected chi connectivity index (χ4v) is 6.01. The lowest BCUT2D eigenvalue weighted by molar-refractivity contribution is 0.0956. The van der Waals surface area contributed by atoms with Crippen LogP contribution in [0.15, 0.2) is 60.7 Å². The van der Waals surface area contributed by atoms with E-state index in [1.54, 1.807) is 36.0 Å². The summed E-state index contributed by atoms with van der Waals surface area (Å²) in [6.45, 7) is 4.51. The SMILES string of the molecule is Cc1ccc(C)c(N(Cc2ccc(C(=O)NCCSCc3c(Cl)cccc3Cl)cc2)S(C)(=O)=O)c1. The highest BCUT2D eigenvalue weighted by molar-refractivity contribution is 7.98. The highest BCUT2D eigenvalue weighted by atomic mass is 35.5. The molecule has 0 aliphatic rings. The van der Waals surface area contributed by atoms with Crippen molar-refractivity contribution in [3.63, 3.8) is 0 Å². The highest BCUT2D eigenvalue weighted by Crippen LogP contribution is 2.28. The number of nitrogens with zero attached hydrogens (tertiary/aromatic N) is 1. The molecule has 0 atom stereocenters. The number of nitrogens with one attached hydrogen (secondary N) is 1. The van der Waals surface area contributed by atoms with E-state index >= 15 is 0 Å². The summed E-state index contributed by atoms with van der Waals surface area (Å²) >= 11 is 14.0. The number of carbonyl (C=O) groups is 1. The molecule has 0 fully saturated rings. The lowest BCUT2D eigenvalue weighted by Crippen LogP contribution is -2.30. The summed E-state index contributed by atoms with van der Waals surface area (Å²) in [7, 11) is -3.49. The van der Waals surface area contributed by atoms with E-state index in [0.717, 1.165) is 22.3 Å². The molecule has 186 valence electrons. The lowest BCUT2D eigenvalue weighted by atomic mass is 10.1. The van der Waals surface area contributed by atoms with Crippen molar-refractivity contribution in [1.82, 2.24) is 5.32 Å². The Hall–Kier alpha value is -2.19. The zero-order valence-corrected chi connectivity index (χ0v) is 23.0. The highest BCUT2D eigenvalue weighted by Gasteiger charge is 2.20. The van der Waals surface area contributed by atoms with Gasteiger partial charge in [0.05, 0.1) is 18.5 Å². The molecular formula is C26H28Cl2N2O3S2. The molecule has 0 aliphatic carbocycles. The lowest BCUT2D eigenvalue weighted by Gasteiger charge is -2.25. The maximum absolute atomic E-state index is 12.5. The Morgan fingerprint density at radius 3 is 2.29 bits per heavy atom. The predicted molar refractivity (Wildman–Crippen MR) is 148 cm³/mol. The van der Waals surface area contributed by atoms with Crippen LogP contribution in [0.1, 0.15) is 32.6 Å². The Morgan fingerprint density at radius 2 is 1.66 bits per heavy atom. The van der Waals surface area contributed by atoms with E-state index in [9.17, 15) is 13.2 Å². The van der Waals surface area contributed by atoms with Gasteiger partial charge in [-0.2, -0.15) is 11.8 Å². The third-order valence-corrected chi connectivity index (χ3v) is 8.24. The Kier molecular flexibility index (Phi) is 9.53. The van der Waals surface area contributed by atoms with Crippen LogP contribution in [0.2, 0.25) is 10.0 Å². The number of anilines is 1. The third kappa shape index (κ3) is 7.64. The normalized spacial score (nSPS) is 11.3. The van der Waals surface area contributed by atoms with Gasteiger partial charge in [0.15, 0.2) is 0 Å². The molecule has 0 radical (unpaired) electrons. The number of benzene rings is 3. The fourth-order valence-electron chi connectivity index (χ4n) is 3.48. The minimum absolute atomic E-state index is 0.178. The van der Waals surface area contributed by atoms with Gasteiger partial charge in [-0.15, -0.1) is 0 Å². The van der Waals surface area contributed by atoms with E-state index in [4.69, 9.17) is 23.2 Å². The molecule has 0 saturated carbocycles. The summed E-state index contributed by atoms with van der Waals surface area (Å²) in [6.07, 6.45) is 1.20. The van der Waals surface area contributed by atoms with Crippen molar-refractivity contribution >= 4 is 56.6 Å². The van der Waals surface area contributed by atoms with Crippen LogP contribution in [-0.2, 0) is 22.3 Å². The van der Waals surface area contributed by atoms with E-state index < -0.39 is 10.0 Å². The summed E-state index contributed by atoms with van der Waals surface area (Å²) in [4.78, 5) is 12.5. The maximum atomic E-state index is 12.5. The molecule has 0 heterocycles. The number of hydrogen-bond acceptors (Lipinski definition) is 4. The summed E-state index contributed by atoms with van der Waals surface area (Å²) < 4.78 is 26.4. The second-order valence-corrected chi connectivity index (χ2v) is 12.1. The number of sulfonamides is 1. The average molecular weight is 552 g/mol. The van der Waals surface area contributed by atoms with E-state index in [-0.39, 0.29) is 12.5 Å². The molecule has 1 amide bonds. The van der Waals surface area contributed by atoms with Gasteiger partial charge >= 0.3 is 0 Å². The summed E-state index contributed by atoms with van der Waals surface area (Å²) in [5.74, 6) is 1.20. The second kappa shape index (κ2) is 12.2. The number of carbonyl (C=O) groups excluding carboxylic acids is 1. The molecule has 0 saturated heterocycles. The molecule has 3 aromatic rings. The number of halogens is 2. The maximum Gasteiger partial charge on any atom is 0.251 e. The minimum Gasteiger partial charge on any atom is -0.351 e. The first-order valence-electron chi connectivity index (χ1n) is 11.0. The van der Waals surface area contributed by atoms with E-state index in [2.05, 4.69) is 5.32 Å². The Labute approximate surface area is 221 Å². The van der Waals surface area contributed by atoms with Crippen LogP contribution in [-0.4, -0.2) is 32.9 Å². The van der Waals surface area contributed by atoms with Gasteiger partial charge in [0.1, 0.15) is 0 Å². The van der Waals surface area contributed by atoms with Crippen LogP contribution < -0.4 is 9.62 Å². The molecule has 35 heavy (non-hydrogen) atoms. The summed E-state index contributed by atoms with van der Waals surface area (Å²) in [5, 5.41) is 4.19. The van der Waals surface area contributed by atoms with Crippen molar-refractivity contribution in [2.75, 3.05) is 22.9 Å². The van der Waals surface area contributed by atoms with Gasteiger partial charge in [-0.1, -0.05) is 53.5 Å². The Balaban J connectivity index is 1.56. The average Bonchev–Trinajstić information content (AvgIpc) is 2.80. The fraction of sp³-hybridized carbons (Fsp3) is 0.269. The zero-order valence-electron chi connectivity index (χ0n) is 19.8. The molecular weight excluding hydrogens is 523 g/mol. The van der Waals surface area contributed by atoms with E-state index in [1.807, 2.05) is 50.2 Å². The van der Waals surface area contributed by atoms with E-state index in [1.165, 1.54) is 10.6 Å². The molecule has 0 unspecified atom stereocenters. The second-order valence-electron chi connectivity index (χ2n) is 8.27. The topological polar surface area (TPSA) is 66.5 Å². The van der Waals surface area contributed by atoms with Gasteiger partial charge in [-0.3, -0.25) is 9.10 Å². The number of aryl methyl sites for hydroxylation is 2. The molecule has 5 nitrogen and oxygen atoms in total. The number of hydrogen-bond donors (Lipinski definition) is 1. The predicted octanol–water partition coefficient (Wildman–Crippen LogP) is 6.24. The van der Waals surface area contributed by atoms with Gasteiger partial charge in [-0.25, -0.2) is 8.42 Å². The van der Waals surface area contributed by atoms with Crippen LogP contribution in [0.25, 0.3) is 0 Å².